The van der Waals surface area contributed by atoms with E-state index in [1.54, 1.807) is 6.07 Å². The second-order valence-electron chi connectivity index (χ2n) is 7.24. The van der Waals surface area contributed by atoms with Gasteiger partial charge in [-0.15, -0.1) is 0 Å². The van der Waals surface area contributed by atoms with Crippen molar-refractivity contribution < 1.29 is 13.9 Å². The number of hydrogen-bond donors (Lipinski definition) is 0. The number of benzene rings is 1. The number of fused-ring (bicyclic) bond motifs is 3. The average Bonchev–Trinajstić information content (AvgIpc) is 2.58. The van der Waals surface area contributed by atoms with Gasteiger partial charge in [-0.05, 0) is 63.5 Å². The molecule has 0 fully saturated rings. The lowest BCUT2D eigenvalue weighted by molar-refractivity contribution is 0.0652. The van der Waals surface area contributed by atoms with Crippen LogP contribution < -0.4 is 10.4 Å². The predicted octanol–water partition coefficient (Wildman–Crippen LogP) is 5.24. The van der Waals surface area contributed by atoms with Gasteiger partial charge in [0.15, 0.2) is 5.60 Å². The summed E-state index contributed by atoms with van der Waals surface area (Å²) < 4.78 is 17.8. The van der Waals surface area contributed by atoms with Crippen LogP contribution in [0.4, 0.5) is 0 Å². The summed E-state index contributed by atoms with van der Waals surface area (Å²) in [5, 5.41) is 0.886. The van der Waals surface area contributed by atoms with Crippen molar-refractivity contribution in [1.29, 1.82) is 0 Å². The first-order chi connectivity index (χ1) is 12.4. The summed E-state index contributed by atoms with van der Waals surface area (Å²) >= 11 is 0. The van der Waals surface area contributed by atoms with Crippen molar-refractivity contribution in [3.8, 4) is 5.75 Å². The fourth-order valence-corrected chi connectivity index (χ4v) is 3.12. The van der Waals surface area contributed by atoms with Gasteiger partial charge in [0.2, 0.25) is 0 Å². The SMILES string of the molecule is C/C=C(\C)COC1=Cc2ccc3oc(=O)cc(CCC)c3c2OC1(C)C. The number of aryl methyl sites for hydroxylation is 1. The first-order valence-electron chi connectivity index (χ1n) is 9.11. The molecule has 1 aliphatic rings. The molecule has 0 spiro atoms. The van der Waals surface area contributed by atoms with Gasteiger partial charge in [0.05, 0.1) is 5.39 Å². The van der Waals surface area contributed by atoms with E-state index in [2.05, 4.69) is 6.92 Å². The summed E-state index contributed by atoms with van der Waals surface area (Å²) in [6.45, 7) is 10.6. The first kappa shape index (κ1) is 18.3. The molecule has 0 amide bonds. The molecule has 0 radical (unpaired) electrons. The van der Waals surface area contributed by atoms with Gasteiger partial charge in [-0.1, -0.05) is 19.4 Å². The van der Waals surface area contributed by atoms with Crippen LogP contribution in [-0.4, -0.2) is 12.2 Å². The van der Waals surface area contributed by atoms with Crippen LogP contribution in [0.15, 0.2) is 44.8 Å². The molecule has 0 saturated heterocycles. The largest absolute Gasteiger partial charge is 0.489 e. The van der Waals surface area contributed by atoms with Crippen LogP contribution in [0.5, 0.6) is 5.75 Å². The minimum Gasteiger partial charge on any atom is -0.489 e. The summed E-state index contributed by atoms with van der Waals surface area (Å²) in [4.78, 5) is 11.9. The van der Waals surface area contributed by atoms with E-state index in [4.69, 9.17) is 13.9 Å². The van der Waals surface area contributed by atoms with Gasteiger partial charge in [0, 0.05) is 11.6 Å². The number of allylic oxidation sites excluding steroid dienone is 1. The Morgan fingerprint density at radius 1 is 1.31 bits per heavy atom. The molecule has 4 nitrogen and oxygen atoms in total. The van der Waals surface area contributed by atoms with E-state index in [1.165, 1.54) is 0 Å². The van der Waals surface area contributed by atoms with Crippen LogP contribution in [0.25, 0.3) is 17.0 Å². The zero-order chi connectivity index (χ0) is 18.9. The second-order valence-corrected chi connectivity index (χ2v) is 7.24. The summed E-state index contributed by atoms with van der Waals surface area (Å²) in [6, 6.07) is 5.33. The Kier molecular flexibility index (Phi) is 4.94. The van der Waals surface area contributed by atoms with Crippen molar-refractivity contribution in [1.82, 2.24) is 0 Å². The Hall–Kier alpha value is -2.49. The van der Waals surface area contributed by atoms with Gasteiger partial charge in [0.25, 0.3) is 0 Å². The van der Waals surface area contributed by atoms with Gasteiger partial charge in [0.1, 0.15) is 23.7 Å². The highest BCUT2D eigenvalue weighted by Gasteiger charge is 2.34. The van der Waals surface area contributed by atoms with E-state index in [9.17, 15) is 4.79 Å². The zero-order valence-corrected chi connectivity index (χ0v) is 16.1. The van der Waals surface area contributed by atoms with E-state index in [0.717, 1.165) is 46.4 Å². The first-order valence-corrected chi connectivity index (χ1v) is 9.11. The standard InChI is InChI=1S/C22H26O4/c1-6-8-15-12-19(23)25-17-10-9-16-11-18(24-13-14(3)7-2)22(4,5)26-21(16)20(15)17/h7,9-12H,6,8,13H2,1-5H3/b14-7+. The average molecular weight is 354 g/mol. The molecule has 0 aliphatic carbocycles. The number of rotatable bonds is 5. The predicted molar refractivity (Wildman–Crippen MR) is 105 cm³/mol. The molecule has 2 aromatic rings. The molecule has 138 valence electrons. The second kappa shape index (κ2) is 7.02. The highest BCUT2D eigenvalue weighted by molar-refractivity contribution is 5.91. The Morgan fingerprint density at radius 2 is 2.08 bits per heavy atom. The van der Waals surface area contributed by atoms with Crippen molar-refractivity contribution in [2.75, 3.05) is 6.61 Å². The monoisotopic (exact) mass is 354 g/mol. The summed E-state index contributed by atoms with van der Waals surface area (Å²) in [5.41, 5.74) is 2.72. The maximum atomic E-state index is 11.9. The van der Waals surface area contributed by atoms with Gasteiger partial charge < -0.3 is 13.9 Å². The van der Waals surface area contributed by atoms with Crippen molar-refractivity contribution in [3.05, 3.63) is 57.2 Å². The Bertz CT molecular complexity index is 945. The molecular weight excluding hydrogens is 328 g/mol. The molecule has 0 bridgehead atoms. The van der Waals surface area contributed by atoms with E-state index >= 15 is 0 Å². The molecule has 0 saturated carbocycles. The fourth-order valence-electron chi connectivity index (χ4n) is 3.12. The molecular formula is C22H26O4. The number of ether oxygens (including phenoxy) is 2. The molecule has 26 heavy (non-hydrogen) atoms. The lowest BCUT2D eigenvalue weighted by atomic mass is 9.96. The third-order valence-electron chi connectivity index (χ3n) is 4.68. The molecule has 3 rings (SSSR count). The third kappa shape index (κ3) is 3.41. The van der Waals surface area contributed by atoms with Gasteiger partial charge >= 0.3 is 5.63 Å². The van der Waals surface area contributed by atoms with Crippen molar-refractivity contribution in [2.24, 2.45) is 0 Å². The Balaban J connectivity index is 2.14. The molecule has 0 N–H and O–H groups in total. The zero-order valence-electron chi connectivity index (χ0n) is 16.1. The van der Waals surface area contributed by atoms with Crippen LogP contribution in [0, 0.1) is 0 Å². The molecule has 0 atom stereocenters. The van der Waals surface area contributed by atoms with Gasteiger partial charge in [-0.2, -0.15) is 0 Å². The van der Waals surface area contributed by atoms with Crippen LogP contribution in [-0.2, 0) is 11.2 Å². The maximum Gasteiger partial charge on any atom is 0.336 e. The third-order valence-corrected chi connectivity index (χ3v) is 4.68. The van der Waals surface area contributed by atoms with E-state index in [0.29, 0.717) is 12.2 Å². The van der Waals surface area contributed by atoms with Crippen LogP contribution in [0.3, 0.4) is 0 Å². The highest BCUT2D eigenvalue weighted by atomic mass is 16.5. The highest BCUT2D eigenvalue weighted by Crippen LogP contribution is 2.42. The van der Waals surface area contributed by atoms with Crippen molar-refractivity contribution in [2.45, 2.75) is 53.1 Å². The molecule has 1 aliphatic heterocycles. The maximum absolute atomic E-state index is 11.9. The van der Waals surface area contributed by atoms with E-state index in [-0.39, 0.29) is 5.63 Å². The summed E-state index contributed by atoms with van der Waals surface area (Å²) in [6.07, 6.45) is 5.81. The lowest BCUT2D eigenvalue weighted by Crippen LogP contribution is -2.35. The van der Waals surface area contributed by atoms with Crippen molar-refractivity contribution in [3.63, 3.8) is 0 Å². The Labute approximate surface area is 154 Å². The lowest BCUT2D eigenvalue weighted by Gasteiger charge is -2.34. The van der Waals surface area contributed by atoms with Gasteiger partial charge in [-0.25, -0.2) is 4.79 Å². The molecule has 4 heteroatoms. The molecule has 2 heterocycles. The normalized spacial score (nSPS) is 16.0. The van der Waals surface area contributed by atoms with E-state index in [1.807, 2.05) is 52.0 Å². The summed E-state index contributed by atoms with van der Waals surface area (Å²) in [5.74, 6) is 1.55. The Morgan fingerprint density at radius 3 is 2.77 bits per heavy atom. The molecule has 1 aromatic heterocycles. The minimum atomic E-state index is -0.602. The number of hydrogen-bond acceptors (Lipinski definition) is 4. The van der Waals surface area contributed by atoms with Crippen LogP contribution >= 0.6 is 0 Å². The van der Waals surface area contributed by atoms with Crippen LogP contribution in [0.2, 0.25) is 0 Å². The van der Waals surface area contributed by atoms with Crippen LogP contribution in [0.1, 0.15) is 52.2 Å². The topological polar surface area (TPSA) is 48.7 Å². The van der Waals surface area contributed by atoms with Gasteiger partial charge in [-0.3, -0.25) is 0 Å². The molecule has 1 aromatic carbocycles. The quantitative estimate of drug-likeness (QED) is 0.544. The fraction of sp³-hybridized carbons (Fsp3) is 0.409. The molecule has 0 unspecified atom stereocenters. The smallest absolute Gasteiger partial charge is 0.336 e. The minimum absolute atomic E-state index is 0.322. The van der Waals surface area contributed by atoms with E-state index < -0.39 is 5.60 Å². The summed E-state index contributed by atoms with van der Waals surface area (Å²) in [7, 11) is 0. The van der Waals surface area contributed by atoms with Crippen molar-refractivity contribution >= 4 is 17.0 Å².